The number of hydrogen-bond acceptors (Lipinski definition) is 8. The van der Waals surface area contributed by atoms with Crippen LogP contribution in [-0.2, 0) is 29.5 Å². The van der Waals surface area contributed by atoms with Gasteiger partial charge in [-0.15, -0.1) is 0 Å². The van der Waals surface area contributed by atoms with Gasteiger partial charge in [-0.3, -0.25) is 0 Å². The van der Waals surface area contributed by atoms with Crippen molar-refractivity contribution in [2.24, 2.45) is 0 Å². The molecule has 0 aliphatic carbocycles. The summed E-state index contributed by atoms with van der Waals surface area (Å²) in [7, 11) is -9.65. The Morgan fingerprint density at radius 2 is 1.12 bits per heavy atom. The summed E-state index contributed by atoms with van der Waals surface area (Å²) in [4.78, 5) is 25.2. The molecule has 3 aromatic rings. The molecule has 0 saturated heterocycles. The third kappa shape index (κ3) is 8.67. The molecule has 216 valence electrons. The van der Waals surface area contributed by atoms with Crippen LogP contribution < -0.4 is 3.71 Å². The quantitative estimate of drug-likeness (QED) is 0.229. The number of hydrogen-bond donors (Lipinski definition) is 0. The third-order valence-electron chi connectivity index (χ3n) is 5.18. The summed E-state index contributed by atoms with van der Waals surface area (Å²) >= 11 is 12.0. The van der Waals surface area contributed by atoms with Crippen molar-refractivity contribution < 1.29 is 35.9 Å². The molecule has 0 N–H and O–H groups in total. The number of benzene rings is 3. The minimum Gasteiger partial charge on any atom is -0.462 e. The molecule has 0 saturated carbocycles. The first kappa shape index (κ1) is 31.9. The molecule has 0 heterocycles. The lowest BCUT2D eigenvalue weighted by molar-refractivity contribution is 0.0525. The molecule has 0 radical (unpaired) electrons. The Morgan fingerprint density at radius 1 is 0.707 bits per heavy atom. The molecule has 13 heteroatoms. The molecule has 0 aliphatic heterocycles. The van der Waals surface area contributed by atoms with Crippen LogP contribution in [0.25, 0.3) is 12.2 Å². The van der Waals surface area contributed by atoms with Crippen molar-refractivity contribution >= 4 is 73.0 Å². The van der Waals surface area contributed by atoms with Gasteiger partial charge in [-0.05, 0) is 79.6 Å². The van der Waals surface area contributed by atoms with E-state index in [0.29, 0.717) is 32.0 Å². The van der Waals surface area contributed by atoms with E-state index < -0.39 is 37.7 Å². The van der Waals surface area contributed by atoms with E-state index in [4.69, 9.17) is 32.7 Å². The highest BCUT2D eigenvalue weighted by molar-refractivity contribution is 8.12. The largest absolute Gasteiger partial charge is 0.462 e. The van der Waals surface area contributed by atoms with E-state index in [0.717, 1.165) is 30.4 Å². The molecular formula is C28H25Cl2NO8S2. The molecule has 0 fully saturated rings. The maximum atomic E-state index is 13.7. The average molecular weight is 639 g/mol. The van der Waals surface area contributed by atoms with Crippen molar-refractivity contribution in [2.75, 3.05) is 16.9 Å². The fourth-order valence-electron chi connectivity index (χ4n) is 3.48. The molecular weight excluding hydrogens is 613 g/mol. The van der Waals surface area contributed by atoms with E-state index in [1.807, 2.05) is 0 Å². The number of rotatable bonds is 11. The normalized spacial score (nSPS) is 12.0. The number of anilines is 1. The number of carbonyl (C=O) groups is 2. The lowest BCUT2D eigenvalue weighted by Gasteiger charge is -2.22. The maximum Gasteiger partial charge on any atom is 0.338 e. The number of carbonyl (C=O) groups excluding carboxylic acids is 2. The summed E-state index contributed by atoms with van der Waals surface area (Å²) < 4.78 is 64.7. The van der Waals surface area contributed by atoms with Crippen molar-refractivity contribution in [2.45, 2.75) is 13.8 Å². The lowest BCUT2D eigenvalue weighted by Crippen LogP contribution is -2.34. The Balaban J connectivity index is 2.25. The van der Waals surface area contributed by atoms with Gasteiger partial charge in [0.05, 0.1) is 40.8 Å². The van der Waals surface area contributed by atoms with Crippen LogP contribution in [0.15, 0.2) is 77.5 Å². The summed E-state index contributed by atoms with van der Waals surface area (Å²) in [5.41, 5.74) is -0.299. The first-order valence-electron chi connectivity index (χ1n) is 12.0. The fourth-order valence-corrected chi connectivity index (χ4v) is 7.01. The Morgan fingerprint density at radius 3 is 1.49 bits per heavy atom. The number of esters is 2. The highest BCUT2D eigenvalue weighted by Crippen LogP contribution is 2.29. The molecule has 0 aromatic heterocycles. The van der Waals surface area contributed by atoms with Crippen LogP contribution in [0, 0.1) is 0 Å². The van der Waals surface area contributed by atoms with E-state index >= 15 is 0 Å². The Labute approximate surface area is 248 Å². The monoisotopic (exact) mass is 637 g/mol. The summed E-state index contributed by atoms with van der Waals surface area (Å²) in [5.74, 6) is -1.81. The molecule has 0 bridgehead atoms. The molecule has 3 aromatic carbocycles. The van der Waals surface area contributed by atoms with Gasteiger partial charge < -0.3 is 9.47 Å². The second-order valence-corrected chi connectivity index (χ2v) is 12.7. The van der Waals surface area contributed by atoms with Gasteiger partial charge in [0.15, 0.2) is 0 Å². The van der Waals surface area contributed by atoms with Crippen LogP contribution in [0.5, 0.6) is 0 Å². The van der Waals surface area contributed by atoms with Crippen molar-refractivity contribution in [1.29, 1.82) is 0 Å². The topological polar surface area (TPSA) is 124 Å². The molecule has 0 aliphatic rings. The van der Waals surface area contributed by atoms with Gasteiger partial charge in [0.1, 0.15) is 0 Å². The number of ether oxygens (including phenoxy) is 2. The number of halogens is 2. The minimum atomic E-state index is -4.83. The second kappa shape index (κ2) is 13.8. The van der Waals surface area contributed by atoms with Crippen LogP contribution in [0.4, 0.5) is 5.69 Å². The van der Waals surface area contributed by atoms with Crippen molar-refractivity contribution in [3.8, 4) is 0 Å². The lowest BCUT2D eigenvalue weighted by atomic mass is 10.1. The van der Waals surface area contributed by atoms with E-state index in [1.54, 1.807) is 50.2 Å². The standard InChI is InChI=1S/C28H25Cl2NO8S2/c1-3-38-27(32)22-17-23(28(33)39-4-2)19-26(18-22)31(40(34,35)13-11-20-7-5-9-24(29)15-20)41(36,37)14-12-21-8-6-10-25(30)16-21/h5-19H,3-4H2,1-2H3/b13-11-,14-12-. The molecule has 0 atom stereocenters. The smallest absolute Gasteiger partial charge is 0.338 e. The summed E-state index contributed by atoms with van der Waals surface area (Å²) in [6.45, 7) is 3.05. The van der Waals surface area contributed by atoms with Gasteiger partial charge in [-0.2, -0.15) is 3.71 Å². The van der Waals surface area contributed by atoms with Crippen LogP contribution >= 0.6 is 23.2 Å². The number of nitrogens with zero attached hydrogens (tertiary/aromatic N) is 1. The zero-order chi connectivity index (χ0) is 30.2. The highest BCUT2D eigenvalue weighted by Gasteiger charge is 2.33. The second-order valence-electron chi connectivity index (χ2n) is 8.21. The molecule has 41 heavy (non-hydrogen) atoms. The Bertz CT molecular complexity index is 1600. The Hall–Kier alpha value is -3.64. The molecule has 0 unspecified atom stereocenters. The minimum absolute atomic E-state index is 0.0249. The zero-order valence-corrected chi connectivity index (χ0v) is 25.0. The first-order chi connectivity index (χ1) is 19.4. The summed E-state index contributed by atoms with van der Waals surface area (Å²) in [6, 6.07) is 15.6. The first-order valence-corrected chi connectivity index (χ1v) is 15.8. The zero-order valence-electron chi connectivity index (χ0n) is 21.9. The van der Waals surface area contributed by atoms with Crippen LogP contribution in [0.2, 0.25) is 10.0 Å². The van der Waals surface area contributed by atoms with Crippen molar-refractivity contribution in [1.82, 2.24) is 0 Å². The van der Waals surface area contributed by atoms with Gasteiger partial charge >= 0.3 is 11.9 Å². The van der Waals surface area contributed by atoms with Gasteiger partial charge in [-0.1, -0.05) is 47.5 Å². The van der Waals surface area contributed by atoms with E-state index in [2.05, 4.69) is 0 Å². The van der Waals surface area contributed by atoms with Gasteiger partial charge in [0.25, 0.3) is 20.0 Å². The SMILES string of the molecule is CCOC(=O)c1cc(C(=O)OCC)cc(N(S(=O)(=O)/C=C\c2cccc(Cl)c2)S(=O)(=O)/C=C\c2cccc(Cl)c2)c1. The van der Waals surface area contributed by atoms with Crippen LogP contribution in [0.1, 0.15) is 45.7 Å². The van der Waals surface area contributed by atoms with Crippen molar-refractivity contribution in [3.05, 3.63) is 110 Å². The van der Waals surface area contributed by atoms with Crippen molar-refractivity contribution in [3.63, 3.8) is 0 Å². The van der Waals surface area contributed by atoms with Gasteiger partial charge in [0, 0.05) is 10.0 Å². The van der Waals surface area contributed by atoms with Crippen LogP contribution in [0.3, 0.4) is 0 Å². The van der Waals surface area contributed by atoms with E-state index in [1.165, 1.54) is 12.1 Å². The predicted octanol–water partition coefficient (Wildman–Crippen LogP) is 6.15. The average Bonchev–Trinajstić information content (AvgIpc) is 2.91. The summed E-state index contributed by atoms with van der Waals surface area (Å²) in [5, 5.41) is 2.01. The molecule has 3 rings (SSSR count). The molecule has 0 spiro atoms. The highest BCUT2D eigenvalue weighted by atomic mass is 35.5. The number of sulfonamides is 2. The van der Waals surface area contributed by atoms with Crippen LogP contribution in [-0.4, -0.2) is 42.0 Å². The van der Waals surface area contributed by atoms with E-state index in [-0.39, 0.29) is 28.1 Å². The molecule has 9 nitrogen and oxygen atoms in total. The van der Waals surface area contributed by atoms with Gasteiger partial charge in [-0.25, -0.2) is 26.4 Å². The third-order valence-corrected chi connectivity index (χ3v) is 9.20. The maximum absolute atomic E-state index is 13.7. The van der Waals surface area contributed by atoms with Gasteiger partial charge in [0.2, 0.25) is 0 Å². The Kier molecular flexibility index (Phi) is 10.7. The molecule has 0 amide bonds. The van der Waals surface area contributed by atoms with E-state index in [9.17, 15) is 26.4 Å². The predicted molar refractivity (Wildman–Crippen MR) is 160 cm³/mol. The summed E-state index contributed by atoms with van der Waals surface area (Å²) in [6.07, 6.45) is 2.32. The fraction of sp³-hybridized carbons (Fsp3) is 0.143.